The van der Waals surface area contributed by atoms with Crippen LogP contribution in [0.2, 0.25) is 0 Å². The van der Waals surface area contributed by atoms with Crippen molar-refractivity contribution in [3.63, 3.8) is 0 Å². The van der Waals surface area contributed by atoms with E-state index in [9.17, 15) is 8.78 Å². The molecule has 0 aromatic carbocycles. The first-order valence-corrected chi connectivity index (χ1v) is 3.15. The second kappa shape index (κ2) is 2.09. The SMILES string of the molecule is CC1C(C)C1C=C(F)F. The molecule has 1 fully saturated rings. The second-order valence-corrected chi connectivity index (χ2v) is 2.75. The Labute approximate surface area is 53.6 Å². The maximum Gasteiger partial charge on any atom is 0.266 e. The van der Waals surface area contributed by atoms with E-state index in [0.29, 0.717) is 11.8 Å². The number of hydrogen-bond acceptors (Lipinski definition) is 0. The van der Waals surface area contributed by atoms with E-state index in [1.807, 2.05) is 13.8 Å². The first-order chi connectivity index (χ1) is 4.13. The zero-order valence-corrected chi connectivity index (χ0v) is 5.57. The van der Waals surface area contributed by atoms with E-state index >= 15 is 0 Å². The second-order valence-electron chi connectivity index (χ2n) is 2.75. The van der Waals surface area contributed by atoms with Crippen molar-refractivity contribution < 1.29 is 8.78 Å². The zero-order chi connectivity index (χ0) is 7.02. The summed E-state index contributed by atoms with van der Waals surface area (Å²) in [5, 5.41) is 0. The monoisotopic (exact) mass is 132 g/mol. The van der Waals surface area contributed by atoms with Crippen molar-refractivity contribution in [2.45, 2.75) is 13.8 Å². The largest absolute Gasteiger partial charge is 0.266 e. The molecule has 0 saturated heterocycles. The Morgan fingerprint density at radius 1 is 1.22 bits per heavy atom. The third-order valence-corrected chi connectivity index (χ3v) is 2.22. The van der Waals surface area contributed by atoms with Crippen LogP contribution in [-0.2, 0) is 0 Å². The highest BCUT2D eigenvalue weighted by Gasteiger charge is 2.41. The molecule has 1 saturated carbocycles. The van der Waals surface area contributed by atoms with E-state index in [2.05, 4.69) is 0 Å². The van der Waals surface area contributed by atoms with Gasteiger partial charge in [-0.05, 0) is 23.8 Å². The molecule has 0 heterocycles. The first kappa shape index (κ1) is 6.72. The molecular formula is C7H10F2. The minimum atomic E-state index is -1.53. The predicted octanol–water partition coefficient (Wildman–Crippen LogP) is 2.67. The molecule has 52 valence electrons. The van der Waals surface area contributed by atoms with Gasteiger partial charge in [0.05, 0.1) is 0 Å². The predicted molar refractivity (Wildman–Crippen MR) is 32.1 cm³/mol. The summed E-state index contributed by atoms with van der Waals surface area (Å²) in [4.78, 5) is 0. The zero-order valence-electron chi connectivity index (χ0n) is 5.57. The lowest BCUT2D eigenvalue weighted by molar-refractivity contribution is 0.415. The van der Waals surface area contributed by atoms with E-state index in [0.717, 1.165) is 6.08 Å². The van der Waals surface area contributed by atoms with Gasteiger partial charge in [0, 0.05) is 0 Å². The van der Waals surface area contributed by atoms with Crippen molar-refractivity contribution in [3.05, 3.63) is 12.2 Å². The van der Waals surface area contributed by atoms with Crippen LogP contribution in [0.3, 0.4) is 0 Å². The third kappa shape index (κ3) is 1.29. The van der Waals surface area contributed by atoms with Gasteiger partial charge in [-0.3, -0.25) is 0 Å². The van der Waals surface area contributed by atoms with Crippen LogP contribution in [0.15, 0.2) is 12.2 Å². The smallest absolute Gasteiger partial charge is 0.174 e. The van der Waals surface area contributed by atoms with Gasteiger partial charge in [0.1, 0.15) is 0 Å². The third-order valence-electron chi connectivity index (χ3n) is 2.22. The Balaban J connectivity index is 2.42. The summed E-state index contributed by atoms with van der Waals surface area (Å²) >= 11 is 0. The molecule has 0 radical (unpaired) electrons. The fourth-order valence-corrected chi connectivity index (χ4v) is 1.15. The van der Waals surface area contributed by atoms with E-state index in [-0.39, 0.29) is 5.92 Å². The molecule has 0 aliphatic heterocycles. The quantitative estimate of drug-likeness (QED) is 0.514. The lowest BCUT2D eigenvalue weighted by Gasteiger charge is -1.79. The van der Waals surface area contributed by atoms with Gasteiger partial charge in [-0.15, -0.1) is 0 Å². The van der Waals surface area contributed by atoms with Crippen molar-refractivity contribution in [1.29, 1.82) is 0 Å². The summed E-state index contributed by atoms with van der Waals surface area (Å²) in [5.74, 6) is 1.08. The Hall–Kier alpha value is -0.400. The van der Waals surface area contributed by atoms with Gasteiger partial charge >= 0.3 is 0 Å². The van der Waals surface area contributed by atoms with Gasteiger partial charge in [0.2, 0.25) is 0 Å². The maximum absolute atomic E-state index is 11.5. The minimum absolute atomic E-state index is 0.148. The topological polar surface area (TPSA) is 0 Å². The van der Waals surface area contributed by atoms with Crippen molar-refractivity contribution in [2.75, 3.05) is 0 Å². The summed E-state index contributed by atoms with van der Waals surface area (Å²) in [6.45, 7) is 3.99. The molecule has 0 amide bonds. The summed E-state index contributed by atoms with van der Waals surface area (Å²) < 4.78 is 23.1. The van der Waals surface area contributed by atoms with Gasteiger partial charge in [0.15, 0.2) is 0 Å². The van der Waals surface area contributed by atoms with Crippen molar-refractivity contribution in [2.24, 2.45) is 17.8 Å². The number of hydrogen-bond donors (Lipinski definition) is 0. The molecule has 0 N–H and O–H groups in total. The van der Waals surface area contributed by atoms with Crippen LogP contribution < -0.4 is 0 Å². The van der Waals surface area contributed by atoms with Crippen LogP contribution in [-0.4, -0.2) is 0 Å². The molecule has 9 heavy (non-hydrogen) atoms. The Bertz CT molecular complexity index is 128. The number of halogens is 2. The summed E-state index contributed by atoms with van der Waals surface area (Å²) in [6.07, 6.45) is -0.466. The van der Waals surface area contributed by atoms with Gasteiger partial charge in [-0.2, -0.15) is 8.78 Å². The van der Waals surface area contributed by atoms with Crippen molar-refractivity contribution in [3.8, 4) is 0 Å². The van der Waals surface area contributed by atoms with Crippen LogP contribution >= 0.6 is 0 Å². The fraction of sp³-hybridized carbons (Fsp3) is 0.714. The molecule has 2 heteroatoms. The average Bonchev–Trinajstić information content (AvgIpc) is 2.22. The first-order valence-electron chi connectivity index (χ1n) is 3.15. The lowest BCUT2D eigenvalue weighted by atomic mass is 10.3. The highest BCUT2D eigenvalue weighted by Crippen LogP contribution is 2.46. The molecule has 2 atom stereocenters. The van der Waals surface area contributed by atoms with Crippen LogP contribution in [0.1, 0.15) is 13.8 Å². The normalized spacial score (nSPS) is 40.2. The van der Waals surface area contributed by atoms with Crippen LogP contribution in [0, 0.1) is 17.8 Å². The molecule has 1 rings (SSSR count). The van der Waals surface area contributed by atoms with Gasteiger partial charge in [-0.1, -0.05) is 13.8 Å². The lowest BCUT2D eigenvalue weighted by Crippen LogP contribution is -1.70. The molecule has 0 spiro atoms. The highest BCUT2D eigenvalue weighted by atomic mass is 19.3. The molecule has 2 unspecified atom stereocenters. The van der Waals surface area contributed by atoms with Crippen LogP contribution in [0.4, 0.5) is 8.78 Å². The summed E-state index contributed by atoms with van der Waals surface area (Å²) in [7, 11) is 0. The average molecular weight is 132 g/mol. The van der Waals surface area contributed by atoms with Gasteiger partial charge in [-0.25, -0.2) is 0 Å². The molecule has 0 nitrogen and oxygen atoms in total. The van der Waals surface area contributed by atoms with Crippen LogP contribution in [0.5, 0.6) is 0 Å². The maximum atomic E-state index is 11.5. The van der Waals surface area contributed by atoms with E-state index < -0.39 is 6.08 Å². The molecule has 0 aromatic heterocycles. The molecule has 1 aliphatic carbocycles. The summed E-state index contributed by atoms with van der Waals surface area (Å²) in [5.41, 5.74) is 0. The van der Waals surface area contributed by atoms with Gasteiger partial charge in [0.25, 0.3) is 6.08 Å². The Kier molecular flexibility index (Phi) is 1.56. The van der Waals surface area contributed by atoms with Crippen molar-refractivity contribution >= 4 is 0 Å². The standard InChI is InChI=1S/C7H10F2/c1-4-5(2)6(4)3-7(8)9/h3-6H,1-2H3. The van der Waals surface area contributed by atoms with Gasteiger partial charge < -0.3 is 0 Å². The minimum Gasteiger partial charge on any atom is -0.174 e. The Morgan fingerprint density at radius 3 is 1.78 bits per heavy atom. The molecule has 1 aliphatic rings. The fourth-order valence-electron chi connectivity index (χ4n) is 1.15. The molecule has 0 aromatic rings. The van der Waals surface area contributed by atoms with E-state index in [1.165, 1.54) is 0 Å². The highest BCUT2D eigenvalue weighted by molar-refractivity contribution is 5.05. The molecular weight excluding hydrogens is 122 g/mol. The summed E-state index contributed by atoms with van der Waals surface area (Å²) in [6, 6.07) is 0. The van der Waals surface area contributed by atoms with E-state index in [1.54, 1.807) is 0 Å². The Morgan fingerprint density at radius 2 is 1.67 bits per heavy atom. The van der Waals surface area contributed by atoms with Crippen molar-refractivity contribution in [1.82, 2.24) is 0 Å². The number of rotatable bonds is 1. The number of allylic oxidation sites excluding steroid dienone is 1. The molecule has 0 bridgehead atoms. The van der Waals surface area contributed by atoms with Crippen LogP contribution in [0.25, 0.3) is 0 Å². The van der Waals surface area contributed by atoms with E-state index in [4.69, 9.17) is 0 Å².